The van der Waals surface area contributed by atoms with E-state index in [1.54, 1.807) is 0 Å². The molecular formula is C7H16NOSe. The van der Waals surface area contributed by atoms with Gasteiger partial charge in [-0.1, -0.05) is 0 Å². The van der Waals surface area contributed by atoms with Gasteiger partial charge in [0.1, 0.15) is 0 Å². The Morgan fingerprint density at radius 3 is 2.60 bits per heavy atom. The van der Waals surface area contributed by atoms with Crippen molar-refractivity contribution in [3.8, 4) is 0 Å². The molecule has 1 radical (unpaired) electrons. The first-order chi connectivity index (χ1) is 4.70. The van der Waals surface area contributed by atoms with Crippen LogP contribution in [0.25, 0.3) is 0 Å². The SMILES string of the molecule is CCCN(C)CC(O)C[Se]. The normalized spacial score (nSPS) is 14.1. The van der Waals surface area contributed by atoms with E-state index < -0.39 is 0 Å². The van der Waals surface area contributed by atoms with Crippen LogP contribution >= 0.6 is 0 Å². The van der Waals surface area contributed by atoms with Crippen molar-refractivity contribution < 1.29 is 5.11 Å². The maximum absolute atomic E-state index is 9.18. The number of aliphatic hydroxyl groups is 1. The summed E-state index contributed by atoms with van der Waals surface area (Å²) < 4.78 is 0. The van der Waals surface area contributed by atoms with Crippen molar-refractivity contribution in [2.45, 2.75) is 24.8 Å². The van der Waals surface area contributed by atoms with Gasteiger partial charge in [-0.3, -0.25) is 0 Å². The Morgan fingerprint density at radius 1 is 1.60 bits per heavy atom. The van der Waals surface area contributed by atoms with E-state index in [0.29, 0.717) is 0 Å². The summed E-state index contributed by atoms with van der Waals surface area (Å²) in [6.07, 6.45) is 0.952. The van der Waals surface area contributed by atoms with E-state index in [1.165, 1.54) is 0 Å². The minimum atomic E-state index is -0.198. The van der Waals surface area contributed by atoms with Crippen LogP contribution < -0.4 is 0 Å². The first-order valence-corrected chi connectivity index (χ1v) is 4.86. The van der Waals surface area contributed by atoms with Crippen LogP contribution in [0.5, 0.6) is 0 Å². The molecule has 1 N–H and O–H groups in total. The molecule has 0 saturated carbocycles. The van der Waals surface area contributed by atoms with Crippen molar-refractivity contribution in [2.75, 3.05) is 20.1 Å². The molecule has 0 aromatic rings. The number of hydrogen-bond donors (Lipinski definition) is 1. The molecule has 1 unspecified atom stereocenters. The fourth-order valence-corrected chi connectivity index (χ4v) is 1.11. The van der Waals surface area contributed by atoms with Gasteiger partial charge >= 0.3 is 70.9 Å². The summed E-state index contributed by atoms with van der Waals surface area (Å²) in [5, 5.41) is 9.91. The first-order valence-electron chi connectivity index (χ1n) is 3.65. The predicted octanol–water partition coefficient (Wildman–Crippen LogP) is 0.276. The van der Waals surface area contributed by atoms with Gasteiger partial charge in [0.2, 0.25) is 0 Å². The quantitative estimate of drug-likeness (QED) is 0.657. The zero-order chi connectivity index (χ0) is 7.98. The number of rotatable bonds is 5. The molecule has 0 aromatic heterocycles. The molecular weight excluding hydrogens is 193 g/mol. The van der Waals surface area contributed by atoms with Crippen LogP contribution in [0.4, 0.5) is 0 Å². The third kappa shape index (κ3) is 5.24. The fraction of sp³-hybridized carbons (Fsp3) is 1.00. The van der Waals surface area contributed by atoms with Crippen molar-refractivity contribution in [2.24, 2.45) is 0 Å². The van der Waals surface area contributed by atoms with Gasteiger partial charge < -0.3 is 0 Å². The molecule has 3 heteroatoms. The van der Waals surface area contributed by atoms with Gasteiger partial charge in [-0.2, -0.15) is 0 Å². The van der Waals surface area contributed by atoms with Crippen LogP contribution in [0.1, 0.15) is 13.3 Å². The molecule has 0 aliphatic heterocycles. The van der Waals surface area contributed by atoms with Crippen LogP contribution in [0, 0.1) is 0 Å². The van der Waals surface area contributed by atoms with Crippen LogP contribution in [0.15, 0.2) is 0 Å². The molecule has 0 aromatic carbocycles. The molecule has 0 rings (SSSR count). The summed E-state index contributed by atoms with van der Waals surface area (Å²) in [5.41, 5.74) is 0. The third-order valence-electron chi connectivity index (χ3n) is 1.32. The zero-order valence-corrected chi connectivity index (χ0v) is 8.42. The Kier molecular flexibility index (Phi) is 6.44. The van der Waals surface area contributed by atoms with E-state index in [9.17, 15) is 5.11 Å². The van der Waals surface area contributed by atoms with Crippen LogP contribution in [-0.2, 0) is 0 Å². The van der Waals surface area contributed by atoms with Gasteiger partial charge in [-0.15, -0.1) is 0 Å². The molecule has 0 aliphatic carbocycles. The average molecular weight is 209 g/mol. The van der Waals surface area contributed by atoms with Crippen molar-refractivity contribution >= 4 is 16.0 Å². The molecule has 0 fully saturated rings. The molecule has 61 valence electrons. The van der Waals surface area contributed by atoms with Gasteiger partial charge in [0, 0.05) is 0 Å². The van der Waals surface area contributed by atoms with E-state index in [2.05, 4.69) is 27.8 Å². The van der Waals surface area contributed by atoms with E-state index in [1.807, 2.05) is 7.05 Å². The average Bonchev–Trinajstić information content (AvgIpc) is 1.88. The monoisotopic (exact) mass is 210 g/mol. The van der Waals surface area contributed by atoms with Crippen molar-refractivity contribution in [3.63, 3.8) is 0 Å². The zero-order valence-electron chi connectivity index (χ0n) is 6.71. The third-order valence-corrected chi connectivity index (χ3v) is 2.13. The van der Waals surface area contributed by atoms with Crippen molar-refractivity contribution in [1.82, 2.24) is 4.90 Å². The summed E-state index contributed by atoms with van der Waals surface area (Å²) in [6.45, 7) is 3.98. The number of likely N-dealkylation sites (N-methyl/N-ethyl adjacent to an activating group) is 1. The maximum atomic E-state index is 9.18. The molecule has 0 bridgehead atoms. The van der Waals surface area contributed by atoms with Gasteiger partial charge in [0.05, 0.1) is 0 Å². The van der Waals surface area contributed by atoms with Gasteiger partial charge in [0.25, 0.3) is 0 Å². The number of aliphatic hydroxyl groups excluding tert-OH is 1. The van der Waals surface area contributed by atoms with E-state index in [-0.39, 0.29) is 6.10 Å². The molecule has 2 nitrogen and oxygen atoms in total. The second kappa shape index (κ2) is 6.17. The molecule has 1 atom stereocenters. The second-order valence-electron chi connectivity index (χ2n) is 2.58. The summed E-state index contributed by atoms with van der Waals surface area (Å²) in [6, 6.07) is 0. The Morgan fingerprint density at radius 2 is 2.20 bits per heavy atom. The van der Waals surface area contributed by atoms with Crippen LogP contribution in [-0.4, -0.2) is 52.3 Å². The van der Waals surface area contributed by atoms with Gasteiger partial charge in [0.15, 0.2) is 0 Å². The van der Waals surface area contributed by atoms with Gasteiger partial charge in [-0.25, -0.2) is 0 Å². The Bertz CT molecular complexity index is 80.0. The van der Waals surface area contributed by atoms with Gasteiger partial charge in [-0.05, 0) is 0 Å². The molecule has 0 spiro atoms. The Labute approximate surface area is 71.4 Å². The molecule has 0 saturated heterocycles. The molecule has 0 amide bonds. The number of hydrogen-bond acceptors (Lipinski definition) is 2. The predicted molar refractivity (Wildman–Crippen MR) is 44.4 cm³/mol. The fourth-order valence-electron chi connectivity index (χ4n) is 0.885. The summed E-state index contributed by atoms with van der Waals surface area (Å²) in [5.74, 6) is 0. The van der Waals surface area contributed by atoms with Crippen LogP contribution in [0.2, 0.25) is 5.32 Å². The minimum absolute atomic E-state index is 0.198. The van der Waals surface area contributed by atoms with Crippen molar-refractivity contribution in [3.05, 3.63) is 0 Å². The van der Waals surface area contributed by atoms with Crippen molar-refractivity contribution in [1.29, 1.82) is 0 Å². The Balaban J connectivity index is 3.27. The summed E-state index contributed by atoms with van der Waals surface area (Å²) >= 11 is 2.81. The second-order valence-corrected chi connectivity index (χ2v) is 3.28. The molecule has 0 heterocycles. The first kappa shape index (κ1) is 10.4. The topological polar surface area (TPSA) is 23.5 Å². The van der Waals surface area contributed by atoms with E-state index >= 15 is 0 Å². The Hall–Kier alpha value is 0.439. The van der Waals surface area contributed by atoms with E-state index in [0.717, 1.165) is 24.8 Å². The standard InChI is InChI=1S/C7H16NOSe/c1-3-4-8(2)5-7(9)6-10/h7,9H,3-6H2,1-2H3. The van der Waals surface area contributed by atoms with Crippen LogP contribution in [0.3, 0.4) is 0 Å². The summed E-state index contributed by atoms with van der Waals surface area (Å²) in [7, 11) is 2.03. The molecule has 10 heavy (non-hydrogen) atoms. The number of nitrogens with zero attached hydrogens (tertiary/aromatic N) is 1. The van der Waals surface area contributed by atoms with E-state index in [4.69, 9.17) is 0 Å². The molecule has 0 aliphatic rings. The summed E-state index contributed by atoms with van der Waals surface area (Å²) in [4.78, 5) is 2.14.